The van der Waals surface area contributed by atoms with E-state index in [0.717, 1.165) is 22.2 Å². The van der Waals surface area contributed by atoms with Gasteiger partial charge in [-0.1, -0.05) is 54.1 Å². The van der Waals surface area contributed by atoms with Crippen LogP contribution in [0.4, 0.5) is 0 Å². The molecule has 146 valence electrons. The fraction of sp³-hybridized carbons (Fsp3) is 0.160. The third kappa shape index (κ3) is 4.16. The van der Waals surface area contributed by atoms with Crippen LogP contribution in [0.25, 0.3) is 22.0 Å². The Balaban J connectivity index is 1.31. The van der Waals surface area contributed by atoms with E-state index in [-0.39, 0.29) is 5.91 Å². The average molecular weight is 384 g/mol. The molecular weight excluding hydrogens is 360 g/mol. The number of aromatic nitrogens is 1. The first-order chi connectivity index (χ1) is 14.1. The minimum absolute atomic E-state index is 0.0932. The molecule has 0 atom stereocenters. The molecule has 1 aromatic heterocycles. The van der Waals surface area contributed by atoms with Crippen LogP contribution in [0.15, 0.2) is 78.9 Å². The summed E-state index contributed by atoms with van der Waals surface area (Å²) >= 11 is 0. The van der Waals surface area contributed by atoms with Crippen LogP contribution in [0, 0.1) is 6.92 Å². The molecule has 1 N–H and O–H groups in total. The van der Waals surface area contributed by atoms with Crippen LogP contribution in [0.2, 0.25) is 0 Å². The number of carbonyl (C=O) groups is 1. The predicted octanol–water partition coefficient (Wildman–Crippen LogP) is 4.96. The molecule has 0 aliphatic carbocycles. The molecule has 4 rings (SSSR count). The van der Waals surface area contributed by atoms with E-state index in [1.54, 1.807) is 0 Å². The smallest absolute Gasteiger partial charge is 0.268 e. The number of aryl methyl sites for hydroxylation is 2. The van der Waals surface area contributed by atoms with Gasteiger partial charge in [-0.2, -0.15) is 0 Å². The number of amides is 1. The maximum atomic E-state index is 12.5. The minimum atomic E-state index is -0.0932. The highest BCUT2D eigenvalue weighted by Crippen LogP contribution is 2.22. The van der Waals surface area contributed by atoms with Crippen LogP contribution in [0.3, 0.4) is 0 Å². The summed E-state index contributed by atoms with van der Waals surface area (Å²) in [5, 5.41) is 4.01. The molecular formula is C25H24N2O2. The second-order valence-electron chi connectivity index (χ2n) is 7.15. The van der Waals surface area contributed by atoms with E-state index in [1.165, 1.54) is 11.1 Å². The van der Waals surface area contributed by atoms with Crippen molar-refractivity contribution in [3.05, 3.63) is 90.1 Å². The van der Waals surface area contributed by atoms with Crippen LogP contribution in [-0.2, 0) is 7.05 Å². The van der Waals surface area contributed by atoms with Crippen molar-refractivity contribution in [1.29, 1.82) is 0 Å². The zero-order valence-electron chi connectivity index (χ0n) is 16.7. The summed E-state index contributed by atoms with van der Waals surface area (Å²) in [5.41, 5.74) is 5.21. The zero-order valence-corrected chi connectivity index (χ0v) is 16.7. The number of benzene rings is 3. The third-order valence-corrected chi connectivity index (χ3v) is 5.05. The molecule has 0 saturated carbocycles. The highest BCUT2D eigenvalue weighted by atomic mass is 16.5. The second-order valence-corrected chi connectivity index (χ2v) is 7.15. The predicted molar refractivity (Wildman–Crippen MR) is 117 cm³/mol. The second kappa shape index (κ2) is 8.23. The summed E-state index contributed by atoms with van der Waals surface area (Å²) in [4.78, 5) is 12.5. The van der Waals surface area contributed by atoms with Crippen molar-refractivity contribution in [1.82, 2.24) is 9.88 Å². The van der Waals surface area contributed by atoms with Crippen molar-refractivity contribution in [2.24, 2.45) is 7.05 Å². The maximum Gasteiger partial charge on any atom is 0.268 e. The van der Waals surface area contributed by atoms with E-state index >= 15 is 0 Å². The summed E-state index contributed by atoms with van der Waals surface area (Å²) in [6, 6.07) is 26.3. The lowest BCUT2D eigenvalue weighted by Gasteiger charge is -2.09. The Bertz CT molecular complexity index is 1130. The lowest BCUT2D eigenvalue weighted by molar-refractivity contribution is 0.0939. The molecule has 1 amide bonds. The lowest BCUT2D eigenvalue weighted by Crippen LogP contribution is -2.29. The Labute approximate surface area is 170 Å². The van der Waals surface area contributed by atoms with E-state index in [4.69, 9.17) is 4.74 Å². The SMILES string of the molecule is Cc1ccc2c(c1)cc(C(=O)NCCOc1ccc(-c3ccccc3)cc1)n2C. The van der Waals surface area contributed by atoms with Gasteiger partial charge in [-0.15, -0.1) is 0 Å². The summed E-state index contributed by atoms with van der Waals surface area (Å²) < 4.78 is 7.69. The van der Waals surface area contributed by atoms with Gasteiger partial charge >= 0.3 is 0 Å². The van der Waals surface area contributed by atoms with Gasteiger partial charge in [0.15, 0.2) is 0 Å². The molecule has 3 aromatic carbocycles. The minimum Gasteiger partial charge on any atom is -0.492 e. The van der Waals surface area contributed by atoms with Gasteiger partial charge in [-0.05, 0) is 48.4 Å². The topological polar surface area (TPSA) is 43.3 Å². The van der Waals surface area contributed by atoms with Crippen LogP contribution in [-0.4, -0.2) is 23.6 Å². The van der Waals surface area contributed by atoms with E-state index in [2.05, 4.69) is 36.5 Å². The quantitative estimate of drug-likeness (QED) is 0.477. The molecule has 0 spiro atoms. The normalized spacial score (nSPS) is 10.8. The summed E-state index contributed by atoms with van der Waals surface area (Å²) in [6.45, 7) is 2.91. The van der Waals surface area contributed by atoms with Crippen LogP contribution >= 0.6 is 0 Å². The number of nitrogens with one attached hydrogen (secondary N) is 1. The first kappa shape index (κ1) is 18.8. The fourth-order valence-corrected chi connectivity index (χ4v) is 3.48. The largest absolute Gasteiger partial charge is 0.492 e. The molecule has 0 unspecified atom stereocenters. The molecule has 0 radical (unpaired) electrons. The molecule has 1 heterocycles. The van der Waals surface area contributed by atoms with E-state index in [9.17, 15) is 4.79 Å². The van der Waals surface area contributed by atoms with Gasteiger partial charge in [0.1, 0.15) is 18.1 Å². The third-order valence-electron chi connectivity index (χ3n) is 5.05. The van der Waals surface area contributed by atoms with Crippen molar-refractivity contribution < 1.29 is 9.53 Å². The van der Waals surface area contributed by atoms with Crippen molar-refractivity contribution in [2.45, 2.75) is 6.92 Å². The molecule has 4 heteroatoms. The molecule has 4 nitrogen and oxygen atoms in total. The van der Waals surface area contributed by atoms with Crippen LogP contribution in [0.1, 0.15) is 16.1 Å². The molecule has 0 aliphatic heterocycles. The van der Waals surface area contributed by atoms with Gasteiger partial charge in [0.05, 0.1) is 6.54 Å². The van der Waals surface area contributed by atoms with E-state index in [0.29, 0.717) is 18.8 Å². The molecule has 0 aliphatic rings. The zero-order chi connectivity index (χ0) is 20.2. The Kier molecular flexibility index (Phi) is 5.34. The Morgan fingerprint density at radius 3 is 2.41 bits per heavy atom. The summed E-state index contributed by atoms with van der Waals surface area (Å²) in [5.74, 6) is 0.698. The highest BCUT2D eigenvalue weighted by Gasteiger charge is 2.13. The number of hydrogen-bond donors (Lipinski definition) is 1. The van der Waals surface area contributed by atoms with Gasteiger partial charge in [0, 0.05) is 18.0 Å². The fourth-order valence-electron chi connectivity index (χ4n) is 3.48. The van der Waals surface area contributed by atoms with Gasteiger partial charge in [-0.25, -0.2) is 0 Å². The van der Waals surface area contributed by atoms with Crippen LogP contribution in [0.5, 0.6) is 5.75 Å². The lowest BCUT2D eigenvalue weighted by atomic mass is 10.1. The molecule has 0 fully saturated rings. The number of nitrogens with zero attached hydrogens (tertiary/aromatic N) is 1. The number of ether oxygens (including phenoxy) is 1. The van der Waals surface area contributed by atoms with Crippen molar-refractivity contribution >= 4 is 16.8 Å². The molecule has 4 aromatic rings. The van der Waals surface area contributed by atoms with E-state index < -0.39 is 0 Å². The number of carbonyl (C=O) groups excluding carboxylic acids is 1. The molecule has 29 heavy (non-hydrogen) atoms. The Morgan fingerprint density at radius 2 is 1.66 bits per heavy atom. The molecule has 0 bridgehead atoms. The number of rotatable bonds is 6. The number of fused-ring (bicyclic) bond motifs is 1. The van der Waals surface area contributed by atoms with E-state index in [1.807, 2.05) is 66.2 Å². The average Bonchev–Trinajstić information content (AvgIpc) is 3.08. The molecule has 0 saturated heterocycles. The van der Waals surface area contributed by atoms with Gasteiger partial charge in [0.2, 0.25) is 0 Å². The number of hydrogen-bond acceptors (Lipinski definition) is 2. The Hall–Kier alpha value is -3.53. The van der Waals surface area contributed by atoms with Crippen molar-refractivity contribution in [3.8, 4) is 16.9 Å². The van der Waals surface area contributed by atoms with Gasteiger partial charge in [-0.3, -0.25) is 4.79 Å². The van der Waals surface area contributed by atoms with Gasteiger partial charge < -0.3 is 14.6 Å². The highest BCUT2D eigenvalue weighted by molar-refractivity contribution is 5.98. The van der Waals surface area contributed by atoms with Crippen LogP contribution < -0.4 is 10.1 Å². The monoisotopic (exact) mass is 384 g/mol. The maximum absolute atomic E-state index is 12.5. The standard InChI is InChI=1S/C25H24N2O2/c1-18-8-13-23-21(16-18)17-24(27(23)2)25(28)26-14-15-29-22-11-9-20(10-12-22)19-6-4-3-5-7-19/h3-13,16-17H,14-15H2,1-2H3,(H,26,28). The summed E-state index contributed by atoms with van der Waals surface area (Å²) in [6.07, 6.45) is 0. The van der Waals surface area contributed by atoms with Crippen molar-refractivity contribution in [3.63, 3.8) is 0 Å². The van der Waals surface area contributed by atoms with Gasteiger partial charge in [0.25, 0.3) is 5.91 Å². The summed E-state index contributed by atoms with van der Waals surface area (Å²) in [7, 11) is 1.91. The first-order valence-electron chi connectivity index (χ1n) is 9.74. The Morgan fingerprint density at radius 1 is 0.931 bits per heavy atom. The van der Waals surface area contributed by atoms with Crippen molar-refractivity contribution in [2.75, 3.05) is 13.2 Å². The first-order valence-corrected chi connectivity index (χ1v) is 9.74.